The molecule has 0 unspecified atom stereocenters. The first-order valence-corrected chi connectivity index (χ1v) is 12.5. The number of furan rings is 1. The molecule has 9 heteroatoms. The number of carbonyl (C=O) groups excluding carboxylic acids is 1. The highest BCUT2D eigenvalue weighted by atomic mass is 79.9. The number of thiazole rings is 1. The molecule has 35 heavy (non-hydrogen) atoms. The number of carbonyl (C=O) groups is 1. The average Bonchev–Trinajstić information content (AvgIpc) is 3.42. The average molecular weight is 551 g/mol. The molecule has 0 N–H and O–H groups in total. The van der Waals surface area contributed by atoms with E-state index in [-0.39, 0.29) is 5.56 Å². The Morgan fingerprint density at radius 2 is 1.94 bits per heavy atom. The van der Waals surface area contributed by atoms with E-state index < -0.39 is 23.7 Å². The highest BCUT2D eigenvalue weighted by molar-refractivity contribution is 9.10. The predicted octanol–water partition coefficient (Wildman–Crippen LogP) is 3.88. The van der Waals surface area contributed by atoms with Gasteiger partial charge in [-0.15, -0.1) is 0 Å². The van der Waals surface area contributed by atoms with Crippen molar-refractivity contribution in [3.8, 4) is 17.1 Å². The summed E-state index contributed by atoms with van der Waals surface area (Å²) in [6.45, 7) is 1.76. The molecule has 176 valence electrons. The Hall–Kier alpha value is -3.43. The van der Waals surface area contributed by atoms with E-state index in [0.29, 0.717) is 26.6 Å². The predicted molar refractivity (Wildman–Crippen MR) is 134 cm³/mol. The number of ether oxygens (including phenoxy) is 2. The molecule has 4 aromatic rings. The Kier molecular flexibility index (Phi) is 5.08. The maximum absolute atomic E-state index is 13.6. The lowest BCUT2D eigenvalue weighted by molar-refractivity contribution is -0.158. The van der Waals surface area contributed by atoms with Crippen molar-refractivity contribution in [3.05, 3.63) is 96.1 Å². The summed E-state index contributed by atoms with van der Waals surface area (Å²) >= 11 is 4.68. The summed E-state index contributed by atoms with van der Waals surface area (Å²) in [5, 5.41) is 0. The summed E-state index contributed by atoms with van der Waals surface area (Å²) < 4.78 is 20.3. The molecule has 7 nitrogen and oxygen atoms in total. The van der Waals surface area contributed by atoms with Crippen molar-refractivity contribution in [1.29, 1.82) is 0 Å². The van der Waals surface area contributed by atoms with Crippen LogP contribution in [-0.4, -0.2) is 23.4 Å². The van der Waals surface area contributed by atoms with Gasteiger partial charge in [-0.25, -0.2) is 4.99 Å². The number of aromatic nitrogens is 1. The maximum atomic E-state index is 13.6. The van der Waals surface area contributed by atoms with Gasteiger partial charge in [-0.3, -0.25) is 14.2 Å². The van der Waals surface area contributed by atoms with E-state index >= 15 is 0 Å². The van der Waals surface area contributed by atoms with Gasteiger partial charge in [0.15, 0.2) is 4.80 Å². The minimum absolute atomic E-state index is 0.243. The summed E-state index contributed by atoms with van der Waals surface area (Å²) in [5.41, 5.74) is 0.244. The van der Waals surface area contributed by atoms with E-state index in [1.807, 2.05) is 60.7 Å². The van der Waals surface area contributed by atoms with Gasteiger partial charge in [0, 0.05) is 21.7 Å². The zero-order valence-corrected chi connectivity index (χ0v) is 21.1. The molecule has 0 aliphatic carbocycles. The van der Waals surface area contributed by atoms with Crippen LogP contribution in [0.5, 0.6) is 5.75 Å². The summed E-state index contributed by atoms with van der Waals surface area (Å²) in [6, 6.07) is 18.3. The fraction of sp³-hybridized carbons (Fsp3) is 0.192. The van der Waals surface area contributed by atoms with Gasteiger partial charge in [0.05, 0.1) is 17.7 Å². The van der Waals surface area contributed by atoms with Gasteiger partial charge in [0.1, 0.15) is 23.2 Å². The van der Waals surface area contributed by atoms with Gasteiger partial charge in [-0.1, -0.05) is 57.6 Å². The molecule has 2 aliphatic heterocycles. The number of rotatable bonds is 3. The zero-order valence-electron chi connectivity index (χ0n) is 18.7. The van der Waals surface area contributed by atoms with E-state index in [2.05, 4.69) is 15.9 Å². The molecule has 4 heterocycles. The lowest BCUT2D eigenvalue weighted by Gasteiger charge is -2.44. The highest BCUT2D eigenvalue weighted by Gasteiger charge is 2.55. The zero-order chi connectivity index (χ0) is 24.3. The molecular weight excluding hydrogens is 532 g/mol. The minimum atomic E-state index is -1.19. The number of hydrogen-bond acceptors (Lipinski definition) is 7. The lowest BCUT2D eigenvalue weighted by atomic mass is 9.81. The number of hydrogen-bond donors (Lipinski definition) is 0. The summed E-state index contributed by atoms with van der Waals surface area (Å²) in [7, 11) is 1.33. The largest absolute Gasteiger partial charge is 0.469 e. The molecule has 3 atom stereocenters. The van der Waals surface area contributed by atoms with Crippen LogP contribution in [0, 0.1) is 5.92 Å². The highest BCUT2D eigenvalue weighted by Crippen LogP contribution is 2.47. The summed E-state index contributed by atoms with van der Waals surface area (Å²) in [4.78, 5) is 31.7. The second-order valence-corrected chi connectivity index (χ2v) is 10.5. The number of nitrogens with zero attached hydrogens (tertiary/aromatic N) is 2. The number of halogens is 1. The fourth-order valence-corrected chi connectivity index (χ4v) is 6.10. The van der Waals surface area contributed by atoms with E-state index in [9.17, 15) is 9.59 Å². The Bertz CT molecular complexity index is 1650. The second-order valence-electron chi connectivity index (χ2n) is 8.53. The molecule has 0 radical (unpaired) electrons. The number of para-hydroxylation sites is 1. The van der Waals surface area contributed by atoms with Crippen LogP contribution in [-0.2, 0) is 9.53 Å². The van der Waals surface area contributed by atoms with Gasteiger partial charge >= 0.3 is 5.97 Å². The summed E-state index contributed by atoms with van der Waals surface area (Å²) in [6.07, 6.45) is 1.71. The first kappa shape index (κ1) is 22.1. The minimum Gasteiger partial charge on any atom is -0.469 e. The van der Waals surface area contributed by atoms with E-state index in [4.69, 9.17) is 18.9 Å². The van der Waals surface area contributed by atoms with Crippen molar-refractivity contribution in [2.45, 2.75) is 18.7 Å². The summed E-state index contributed by atoms with van der Waals surface area (Å²) in [5.74, 6) is 0.571. The quantitative estimate of drug-likeness (QED) is 0.361. The van der Waals surface area contributed by atoms with Crippen LogP contribution in [0.15, 0.2) is 79.3 Å². The molecule has 2 aromatic heterocycles. The third-order valence-corrected chi connectivity index (χ3v) is 7.88. The first-order chi connectivity index (χ1) is 16.9. The Labute approximate surface area is 212 Å². The number of fused-ring (bicyclic) bond motifs is 6. The molecule has 6 rings (SSSR count). The van der Waals surface area contributed by atoms with Gasteiger partial charge in [-0.05, 0) is 37.3 Å². The Balaban J connectivity index is 1.51. The van der Waals surface area contributed by atoms with Crippen LogP contribution in [0.25, 0.3) is 17.4 Å². The van der Waals surface area contributed by atoms with E-state index in [1.165, 1.54) is 18.4 Å². The molecule has 0 saturated heterocycles. The van der Waals surface area contributed by atoms with Gasteiger partial charge in [0.2, 0.25) is 5.72 Å². The molecule has 0 saturated carbocycles. The Morgan fingerprint density at radius 3 is 2.71 bits per heavy atom. The monoisotopic (exact) mass is 550 g/mol. The molecule has 0 fully saturated rings. The van der Waals surface area contributed by atoms with Crippen LogP contribution >= 0.6 is 27.3 Å². The van der Waals surface area contributed by atoms with Gasteiger partial charge in [-0.2, -0.15) is 0 Å². The molecule has 0 amide bonds. The van der Waals surface area contributed by atoms with Crippen molar-refractivity contribution in [2.75, 3.05) is 7.11 Å². The third-order valence-electron chi connectivity index (χ3n) is 6.36. The van der Waals surface area contributed by atoms with Crippen LogP contribution in [0.3, 0.4) is 0 Å². The van der Waals surface area contributed by atoms with Crippen LogP contribution in [0.4, 0.5) is 0 Å². The smallest absolute Gasteiger partial charge is 0.317 e. The fourth-order valence-electron chi connectivity index (χ4n) is 4.76. The van der Waals surface area contributed by atoms with Crippen molar-refractivity contribution < 1.29 is 18.7 Å². The van der Waals surface area contributed by atoms with Gasteiger partial charge in [0.25, 0.3) is 5.56 Å². The number of esters is 1. The molecule has 2 aliphatic rings. The lowest BCUT2D eigenvalue weighted by Crippen LogP contribution is -2.58. The normalized spacial score (nSPS) is 22.5. The topological polar surface area (TPSA) is 83.0 Å². The standard InChI is InChI=1S/C26H19BrN2O5S/c1-26-21(24(31)32-2)22(17-5-3-4-6-19(17)34-26)29-23(30)20(35-25(29)28-26)13-16-11-12-18(33-16)14-7-9-15(27)10-8-14/h3-13,21-22H,1-2H3/t21-,22-,26-/m1/s1. The van der Waals surface area contributed by atoms with Crippen molar-refractivity contribution in [3.63, 3.8) is 0 Å². The SMILES string of the molecule is COC(=O)[C@H]1[C@H]2c3ccccc3O[C@@]1(C)N=c1sc(=Cc3ccc(-c4ccc(Br)cc4)o3)c(=O)n12. The Morgan fingerprint density at radius 1 is 1.17 bits per heavy atom. The number of methoxy groups -OCH3 is 1. The van der Waals surface area contributed by atoms with Crippen molar-refractivity contribution in [1.82, 2.24) is 4.57 Å². The second kappa shape index (κ2) is 8.07. The first-order valence-electron chi connectivity index (χ1n) is 10.9. The van der Waals surface area contributed by atoms with E-state index in [1.54, 1.807) is 17.6 Å². The molecule has 2 bridgehead atoms. The third kappa shape index (κ3) is 3.49. The molecule has 2 aromatic carbocycles. The number of benzene rings is 2. The maximum Gasteiger partial charge on any atom is 0.317 e. The van der Waals surface area contributed by atoms with Crippen LogP contribution in [0.2, 0.25) is 0 Å². The van der Waals surface area contributed by atoms with Crippen molar-refractivity contribution >= 4 is 39.3 Å². The molecular formula is C26H19BrN2O5S. The van der Waals surface area contributed by atoms with Crippen molar-refractivity contribution in [2.24, 2.45) is 10.9 Å². The van der Waals surface area contributed by atoms with E-state index in [0.717, 1.165) is 15.6 Å². The molecule has 0 spiro atoms. The van der Waals surface area contributed by atoms with Gasteiger partial charge < -0.3 is 13.9 Å². The van der Waals surface area contributed by atoms with Crippen LogP contribution < -0.4 is 19.6 Å². The van der Waals surface area contributed by atoms with Crippen LogP contribution in [0.1, 0.15) is 24.3 Å².